The first kappa shape index (κ1) is 33.7. The summed E-state index contributed by atoms with van der Waals surface area (Å²) < 4.78 is 10.8. The van der Waals surface area contributed by atoms with Gasteiger partial charge in [0, 0.05) is 13.5 Å². The van der Waals surface area contributed by atoms with Crippen LogP contribution in [0.1, 0.15) is 104 Å². The molecule has 1 fully saturated rings. The fourth-order valence-electron chi connectivity index (χ4n) is 4.52. The first-order valence-corrected chi connectivity index (χ1v) is 14.3. The van der Waals surface area contributed by atoms with Gasteiger partial charge in [0.15, 0.2) is 12.4 Å². The summed E-state index contributed by atoms with van der Waals surface area (Å²) in [7, 11) is 0. The number of ether oxygens (including phenoxy) is 2. The van der Waals surface area contributed by atoms with Crippen molar-refractivity contribution in [3.63, 3.8) is 0 Å². The normalized spacial score (nSPS) is 24.5. The molecule has 218 valence electrons. The molecular formula is C27H52N2O8. The van der Waals surface area contributed by atoms with Gasteiger partial charge in [0.1, 0.15) is 24.4 Å². The van der Waals surface area contributed by atoms with Gasteiger partial charge in [-0.25, -0.2) is 0 Å². The average Bonchev–Trinajstić information content (AvgIpc) is 2.88. The van der Waals surface area contributed by atoms with Crippen LogP contribution in [0.5, 0.6) is 0 Å². The summed E-state index contributed by atoms with van der Waals surface area (Å²) in [5.74, 6) is -1.07. The van der Waals surface area contributed by atoms with E-state index in [-0.39, 0.29) is 0 Å². The van der Waals surface area contributed by atoms with Gasteiger partial charge in [-0.2, -0.15) is 0 Å². The van der Waals surface area contributed by atoms with Gasteiger partial charge in [-0.3, -0.25) is 9.59 Å². The lowest BCUT2D eigenvalue weighted by molar-refractivity contribution is -0.273. The largest absolute Gasteiger partial charge is 0.394 e. The molecule has 1 rings (SSSR count). The summed E-state index contributed by atoms with van der Waals surface area (Å²) >= 11 is 0. The molecule has 0 aromatic heterocycles. The molecule has 0 unspecified atom stereocenters. The Hall–Kier alpha value is -1.30. The molecule has 0 bridgehead atoms. The number of amides is 2. The van der Waals surface area contributed by atoms with Crippen LogP contribution in [0.2, 0.25) is 0 Å². The lowest BCUT2D eigenvalue weighted by Crippen LogP contribution is -2.64. The molecule has 37 heavy (non-hydrogen) atoms. The van der Waals surface area contributed by atoms with Crippen molar-refractivity contribution in [3.8, 4) is 0 Å². The van der Waals surface area contributed by atoms with E-state index < -0.39 is 61.8 Å². The highest BCUT2D eigenvalue weighted by atomic mass is 16.7. The maximum atomic E-state index is 12.2. The number of aliphatic hydroxyl groups excluding tert-OH is 4. The molecule has 0 aromatic rings. The van der Waals surface area contributed by atoms with E-state index in [0.29, 0.717) is 6.54 Å². The van der Waals surface area contributed by atoms with Crippen LogP contribution in [0, 0.1) is 0 Å². The van der Waals surface area contributed by atoms with Crippen molar-refractivity contribution in [1.29, 1.82) is 0 Å². The minimum absolute atomic E-state index is 0.438. The predicted octanol–water partition coefficient (Wildman–Crippen LogP) is 1.91. The quantitative estimate of drug-likeness (QED) is 0.122. The Bertz CT molecular complexity index is 609. The van der Waals surface area contributed by atoms with Crippen LogP contribution in [-0.2, 0) is 19.1 Å². The van der Waals surface area contributed by atoms with Gasteiger partial charge in [0.05, 0.1) is 13.2 Å². The maximum Gasteiger partial charge on any atom is 0.251 e. The number of nitrogens with one attached hydrogen (secondary N) is 2. The molecular weight excluding hydrogens is 480 g/mol. The Morgan fingerprint density at radius 2 is 1.38 bits per heavy atom. The van der Waals surface area contributed by atoms with Crippen LogP contribution in [-0.4, -0.2) is 88.7 Å². The molecule has 0 radical (unpaired) electrons. The third kappa shape index (κ3) is 14.4. The van der Waals surface area contributed by atoms with Crippen LogP contribution in [0.15, 0.2) is 0 Å². The van der Waals surface area contributed by atoms with Crippen LogP contribution in [0.4, 0.5) is 0 Å². The summed E-state index contributed by atoms with van der Waals surface area (Å²) in [5, 5.41) is 44.9. The molecule has 0 saturated carbocycles. The number of aliphatic hydroxyl groups is 4. The van der Waals surface area contributed by atoms with Crippen LogP contribution < -0.4 is 10.6 Å². The molecule has 0 aliphatic carbocycles. The van der Waals surface area contributed by atoms with E-state index in [2.05, 4.69) is 17.6 Å². The number of carbonyl (C=O) groups excluding carboxylic acids is 2. The van der Waals surface area contributed by atoms with Crippen LogP contribution >= 0.6 is 0 Å². The van der Waals surface area contributed by atoms with Crippen molar-refractivity contribution < 1.29 is 39.5 Å². The summed E-state index contributed by atoms with van der Waals surface area (Å²) in [5.41, 5.74) is 0. The SMILES string of the molecule is CCCCCCCCCCCCCCCCNC(=O)[C@H](O)CO[C@H]1O[C@H](CO)[C@@H](O)[C@H](O)[C@H]1NC(C)=O. The second-order valence-corrected chi connectivity index (χ2v) is 10.2. The highest BCUT2D eigenvalue weighted by Crippen LogP contribution is 2.22. The first-order chi connectivity index (χ1) is 17.8. The van der Waals surface area contributed by atoms with Gasteiger partial charge < -0.3 is 40.5 Å². The molecule has 0 aromatic carbocycles. The number of hydrogen-bond donors (Lipinski definition) is 6. The summed E-state index contributed by atoms with van der Waals surface area (Å²) in [4.78, 5) is 23.6. The van der Waals surface area contributed by atoms with E-state index in [1.165, 1.54) is 77.6 Å². The van der Waals surface area contributed by atoms with Crippen molar-refractivity contribution in [2.45, 2.75) is 140 Å². The highest BCUT2D eigenvalue weighted by Gasteiger charge is 2.45. The van der Waals surface area contributed by atoms with E-state index >= 15 is 0 Å². The van der Waals surface area contributed by atoms with Crippen molar-refractivity contribution in [2.75, 3.05) is 19.8 Å². The fraction of sp³-hybridized carbons (Fsp3) is 0.926. The first-order valence-electron chi connectivity index (χ1n) is 14.3. The van der Waals surface area contributed by atoms with Crippen LogP contribution in [0.25, 0.3) is 0 Å². The number of unbranched alkanes of at least 4 members (excludes halogenated alkanes) is 13. The van der Waals surface area contributed by atoms with Gasteiger partial charge >= 0.3 is 0 Å². The molecule has 10 heteroatoms. The molecule has 10 nitrogen and oxygen atoms in total. The summed E-state index contributed by atoms with van der Waals surface area (Å²) in [6, 6.07) is -1.12. The molecule has 6 atom stereocenters. The van der Waals surface area contributed by atoms with E-state index in [1.54, 1.807) is 0 Å². The Labute approximate surface area is 222 Å². The molecule has 6 N–H and O–H groups in total. The lowest BCUT2D eigenvalue weighted by atomic mass is 9.97. The van der Waals surface area contributed by atoms with E-state index in [4.69, 9.17) is 9.47 Å². The lowest BCUT2D eigenvalue weighted by Gasteiger charge is -2.42. The number of hydrogen-bond acceptors (Lipinski definition) is 8. The molecule has 0 spiro atoms. The Morgan fingerprint density at radius 1 is 0.865 bits per heavy atom. The molecule has 1 aliphatic rings. The fourth-order valence-corrected chi connectivity index (χ4v) is 4.52. The monoisotopic (exact) mass is 532 g/mol. The Balaban J connectivity index is 2.13. The van der Waals surface area contributed by atoms with Crippen molar-refractivity contribution in [3.05, 3.63) is 0 Å². The number of carbonyl (C=O) groups is 2. The maximum absolute atomic E-state index is 12.2. The van der Waals surface area contributed by atoms with Gasteiger partial charge in [0.2, 0.25) is 5.91 Å². The van der Waals surface area contributed by atoms with Gasteiger partial charge in [-0.1, -0.05) is 90.4 Å². The molecule has 1 heterocycles. The molecule has 1 saturated heterocycles. The van der Waals surface area contributed by atoms with Crippen molar-refractivity contribution in [2.24, 2.45) is 0 Å². The molecule has 2 amide bonds. The van der Waals surface area contributed by atoms with Gasteiger partial charge in [-0.15, -0.1) is 0 Å². The zero-order chi connectivity index (χ0) is 27.5. The van der Waals surface area contributed by atoms with E-state index in [9.17, 15) is 30.0 Å². The second kappa shape index (κ2) is 20.6. The third-order valence-corrected chi connectivity index (χ3v) is 6.80. The van der Waals surface area contributed by atoms with E-state index in [1.807, 2.05) is 0 Å². The highest BCUT2D eigenvalue weighted by molar-refractivity contribution is 5.80. The Kier molecular flexibility index (Phi) is 18.8. The zero-order valence-electron chi connectivity index (χ0n) is 22.9. The molecule has 1 aliphatic heterocycles. The minimum atomic E-state index is -1.47. The second-order valence-electron chi connectivity index (χ2n) is 10.2. The summed E-state index contributed by atoms with van der Waals surface area (Å²) in [6.07, 6.45) is 10.8. The smallest absolute Gasteiger partial charge is 0.251 e. The standard InChI is InChI=1S/C27H52N2O8/c1-3-4-5-6-7-8-9-10-11-12-13-14-15-16-17-28-26(35)21(32)19-36-27-23(29-20(2)31)25(34)24(33)22(18-30)37-27/h21-25,27,30,32-34H,3-19H2,1-2H3,(H,28,35)(H,29,31)/t21-,22-,23-,24-,25-,27+/m1/s1. The minimum Gasteiger partial charge on any atom is -0.394 e. The van der Waals surface area contributed by atoms with Crippen molar-refractivity contribution in [1.82, 2.24) is 10.6 Å². The third-order valence-electron chi connectivity index (χ3n) is 6.80. The summed E-state index contributed by atoms with van der Waals surface area (Å²) in [6.45, 7) is 2.92. The van der Waals surface area contributed by atoms with E-state index in [0.717, 1.165) is 19.3 Å². The predicted molar refractivity (Wildman–Crippen MR) is 141 cm³/mol. The zero-order valence-corrected chi connectivity index (χ0v) is 22.9. The van der Waals surface area contributed by atoms with Crippen LogP contribution in [0.3, 0.4) is 0 Å². The number of rotatable bonds is 21. The Morgan fingerprint density at radius 3 is 1.86 bits per heavy atom. The van der Waals surface area contributed by atoms with Gasteiger partial charge in [0.25, 0.3) is 5.91 Å². The average molecular weight is 533 g/mol. The van der Waals surface area contributed by atoms with Gasteiger partial charge in [-0.05, 0) is 6.42 Å². The van der Waals surface area contributed by atoms with Crippen molar-refractivity contribution >= 4 is 11.8 Å². The topological polar surface area (TPSA) is 158 Å².